The number of amides is 1. The van der Waals surface area contributed by atoms with Crippen LogP contribution >= 0.6 is 0 Å². The summed E-state index contributed by atoms with van der Waals surface area (Å²) in [6.45, 7) is 0. The van der Waals surface area contributed by atoms with Gasteiger partial charge in [-0.1, -0.05) is 24.3 Å². The summed E-state index contributed by atoms with van der Waals surface area (Å²) in [6, 6.07) is 12.1. The predicted octanol–water partition coefficient (Wildman–Crippen LogP) is 1.78. The van der Waals surface area contributed by atoms with Crippen molar-refractivity contribution in [3.63, 3.8) is 0 Å². The molecule has 1 unspecified atom stereocenters. The van der Waals surface area contributed by atoms with E-state index in [4.69, 9.17) is 5.73 Å². The average molecular weight is 412 g/mol. The molecule has 1 amide bonds. The van der Waals surface area contributed by atoms with Gasteiger partial charge >= 0.3 is 0 Å². The number of aromatic nitrogens is 3. The molecular weight excluding hydrogens is 392 g/mol. The van der Waals surface area contributed by atoms with Crippen LogP contribution in [0, 0.1) is 0 Å². The minimum Gasteiger partial charge on any atom is -0.370 e. The Kier molecular flexibility index (Phi) is 5.88. The molecule has 29 heavy (non-hydrogen) atoms. The summed E-state index contributed by atoms with van der Waals surface area (Å²) in [6.07, 6.45) is 5.59. The first-order valence-electron chi connectivity index (χ1n) is 8.83. The van der Waals surface area contributed by atoms with Gasteiger partial charge in [-0.2, -0.15) is 0 Å². The molecule has 0 aliphatic rings. The third kappa shape index (κ3) is 4.94. The number of hydrogen-bond donors (Lipinski definition) is 1. The molecule has 0 aliphatic carbocycles. The third-order valence-corrected chi connectivity index (χ3v) is 5.88. The Bertz CT molecular complexity index is 1170. The van der Waals surface area contributed by atoms with Gasteiger partial charge in [-0.3, -0.25) is 14.2 Å². The normalized spacial score (nSPS) is 12.4. The van der Waals surface area contributed by atoms with E-state index in [0.717, 1.165) is 21.9 Å². The molecule has 2 aromatic heterocycles. The van der Waals surface area contributed by atoms with Gasteiger partial charge in [0, 0.05) is 42.9 Å². The Labute approximate surface area is 168 Å². The summed E-state index contributed by atoms with van der Waals surface area (Å²) in [4.78, 5) is 32.0. The molecule has 3 aromatic rings. The highest BCUT2D eigenvalue weighted by molar-refractivity contribution is 7.90. The number of carbonyl (C=O) groups excluding carboxylic acids is 1. The monoisotopic (exact) mass is 412 g/mol. The number of benzene rings is 1. The van der Waals surface area contributed by atoms with E-state index in [1.807, 2.05) is 24.3 Å². The van der Waals surface area contributed by atoms with Gasteiger partial charge in [-0.15, -0.1) is 0 Å². The molecule has 0 bridgehead atoms. The summed E-state index contributed by atoms with van der Waals surface area (Å²) in [5.74, 6) is -0.0225. The predicted molar refractivity (Wildman–Crippen MR) is 109 cm³/mol. The second-order valence-electron chi connectivity index (χ2n) is 6.60. The van der Waals surface area contributed by atoms with Crippen molar-refractivity contribution in [3.05, 3.63) is 71.4 Å². The average Bonchev–Trinajstić information content (AvgIpc) is 2.69. The van der Waals surface area contributed by atoms with Crippen molar-refractivity contribution in [2.75, 3.05) is 6.26 Å². The SMILES string of the molecule is CS(=O)(=O)C(CCC(N)=O)n1ccc(-c2ccc(-c3ncccn3)cc2)cc1=O. The van der Waals surface area contributed by atoms with Crippen LogP contribution in [0.25, 0.3) is 22.5 Å². The quantitative estimate of drug-likeness (QED) is 0.631. The van der Waals surface area contributed by atoms with E-state index in [0.29, 0.717) is 11.4 Å². The fraction of sp³-hybridized carbons (Fsp3) is 0.200. The number of nitrogens with two attached hydrogens (primary N) is 1. The Morgan fingerprint density at radius 1 is 1.07 bits per heavy atom. The molecule has 0 radical (unpaired) electrons. The topological polar surface area (TPSA) is 125 Å². The van der Waals surface area contributed by atoms with E-state index in [9.17, 15) is 18.0 Å². The molecule has 2 N–H and O–H groups in total. The fourth-order valence-electron chi connectivity index (χ4n) is 2.99. The molecule has 1 atom stereocenters. The van der Waals surface area contributed by atoms with Crippen molar-refractivity contribution in [1.29, 1.82) is 0 Å². The minimum absolute atomic E-state index is 0.0564. The van der Waals surface area contributed by atoms with Crippen molar-refractivity contribution in [3.8, 4) is 22.5 Å². The van der Waals surface area contributed by atoms with Crippen LogP contribution < -0.4 is 11.3 Å². The molecule has 0 aliphatic heterocycles. The Hall–Kier alpha value is -3.33. The van der Waals surface area contributed by atoms with E-state index in [1.165, 1.54) is 12.3 Å². The lowest BCUT2D eigenvalue weighted by Crippen LogP contribution is -2.29. The number of sulfone groups is 1. The first-order chi connectivity index (χ1) is 13.8. The highest BCUT2D eigenvalue weighted by Gasteiger charge is 2.24. The van der Waals surface area contributed by atoms with Crippen molar-refractivity contribution in [1.82, 2.24) is 14.5 Å². The minimum atomic E-state index is -3.61. The van der Waals surface area contributed by atoms with Gasteiger partial charge in [0.05, 0.1) is 0 Å². The Morgan fingerprint density at radius 2 is 1.69 bits per heavy atom. The largest absolute Gasteiger partial charge is 0.370 e. The zero-order chi connectivity index (χ0) is 21.0. The molecule has 8 nitrogen and oxygen atoms in total. The van der Waals surface area contributed by atoms with E-state index in [1.54, 1.807) is 24.5 Å². The second-order valence-corrected chi connectivity index (χ2v) is 8.80. The molecule has 150 valence electrons. The van der Waals surface area contributed by atoms with Crippen LogP contribution in [-0.2, 0) is 14.6 Å². The maximum Gasteiger partial charge on any atom is 0.252 e. The fourth-order valence-corrected chi connectivity index (χ4v) is 4.13. The van der Waals surface area contributed by atoms with Gasteiger partial charge in [-0.25, -0.2) is 18.4 Å². The lowest BCUT2D eigenvalue weighted by Gasteiger charge is -2.18. The second kappa shape index (κ2) is 8.36. The number of nitrogens with zero attached hydrogens (tertiary/aromatic N) is 3. The zero-order valence-electron chi connectivity index (χ0n) is 15.7. The summed E-state index contributed by atoms with van der Waals surface area (Å²) >= 11 is 0. The standard InChI is InChI=1S/C20H20N4O4S/c1-29(27,28)19(8-7-17(21)25)24-12-9-16(13-18(24)26)14-3-5-15(6-4-14)20-22-10-2-11-23-20/h2-6,9-13,19H,7-8H2,1H3,(H2,21,25). The smallest absolute Gasteiger partial charge is 0.252 e. The molecule has 9 heteroatoms. The molecule has 0 fully saturated rings. The Morgan fingerprint density at radius 3 is 2.24 bits per heavy atom. The van der Waals surface area contributed by atoms with Crippen molar-refractivity contribution < 1.29 is 13.2 Å². The van der Waals surface area contributed by atoms with Crippen LogP contribution in [0.1, 0.15) is 18.2 Å². The van der Waals surface area contributed by atoms with Crippen molar-refractivity contribution >= 4 is 15.7 Å². The van der Waals surface area contributed by atoms with E-state index < -0.39 is 26.7 Å². The summed E-state index contributed by atoms with van der Waals surface area (Å²) in [7, 11) is -3.61. The Balaban J connectivity index is 1.90. The van der Waals surface area contributed by atoms with Crippen LogP contribution in [0.3, 0.4) is 0 Å². The number of hydrogen-bond acceptors (Lipinski definition) is 6. The molecule has 0 saturated heterocycles. The molecule has 3 rings (SSSR count). The highest BCUT2D eigenvalue weighted by atomic mass is 32.2. The lowest BCUT2D eigenvalue weighted by molar-refractivity contribution is -0.118. The molecule has 1 aromatic carbocycles. The maximum atomic E-state index is 12.6. The summed E-state index contributed by atoms with van der Waals surface area (Å²) in [5.41, 5.74) is 6.93. The first-order valence-corrected chi connectivity index (χ1v) is 10.8. The van der Waals surface area contributed by atoms with E-state index >= 15 is 0 Å². The summed E-state index contributed by atoms with van der Waals surface area (Å²) in [5, 5.41) is -1.14. The molecular formula is C20H20N4O4S. The van der Waals surface area contributed by atoms with Gasteiger partial charge in [0.15, 0.2) is 15.7 Å². The van der Waals surface area contributed by atoms with Crippen LogP contribution in [0.5, 0.6) is 0 Å². The van der Waals surface area contributed by atoms with Crippen LogP contribution in [0.15, 0.2) is 65.8 Å². The van der Waals surface area contributed by atoms with Gasteiger partial charge in [-0.05, 0) is 29.7 Å². The van der Waals surface area contributed by atoms with E-state index in [2.05, 4.69) is 9.97 Å². The molecule has 2 heterocycles. The zero-order valence-corrected chi connectivity index (χ0v) is 16.5. The van der Waals surface area contributed by atoms with Crippen molar-refractivity contribution in [2.45, 2.75) is 18.2 Å². The maximum absolute atomic E-state index is 12.6. The number of primary amides is 1. The number of carbonyl (C=O) groups is 1. The number of rotatable bonds is 7. The van der Waals surface area contributed by atoms with Gasteiger partial charge in [0.25, 0.3) is 5.56 Å². The van der Waals surface area contributed by atoms with Crippen LogP contribution in [0.2, 0.25) is 0 Å². The van der Waals surface area contributed by atoms with Gasteiger partial charge in [0.2, 0.25) is 5.91 Å². The first kappa shape index (κ1) is 20.4. The van der Waals surface area contributed by atoms with Gasteiger partial charge in [0.1, 0.15) is 5.37 Å². The number of pyridine rings is 1. The van der Waals surface area contributed by atoms with Crippen molar-refractivity contribution in [2.24, 2.45) is 5.73 Å². The van der Waals surface area contributed by atoms with Crippen LogP contribution in [-0.4, -0.2) is 35.1 Å². The summed E-state index contributed by atoms with van der Waals surface area (Å²) < 4.78 is 25.3. The van der Waals surface area contributed by atoms with E-state index in [-0.39, 0.29) is 12.8 Å². The molecule has 0 saturated carbocycles. The molecule has 0 spiro atoms. The van der Waals surface area contributed by atoms with Crippen LogP contribution in [0.4, 0.5) is 0 Å². The lowest BCUT2D eigenvalue weighted by atomic mass is 10.0. The highest BCUT2D eigenvalue weighted by Crippen LogP contribution is 2.24. The third-order valence-electron chi connectivity index (χ3n) is 4.43. The van der Waals surface area contributed by atoms with Gasteiger partial charge < -0.3 is 5.73 Å².